The third-order valence-corrected chi connectivity index (χ3v) is 7.85. The van der Waals surface area contributed by atoms with E-state index in [0.717, 1.165) is 43.1 Å². The van der Waals surface area contributed by atoms with Gasteiger partial charge in [0, 0.05) is 18.7 Å². The number of nitrogens with zero attached hydrogens (tertiary/aromatic N) is 2. The molecular formula is C20H18F3N3O3S2. The molecule has 3 aromatic rings. The van der Waals surface area contributed by atoms with E-state index in [4.69, 9.17) is 0 Å². The number of benzene rings is 2. The minimum Gasteiger partial charge on any atom is -0.298 e. The number of rotatable bonds is 4. The lowest BCUT2D eigenvalue weighted by molar-refractivity contribution is 0.102. The van der Waals surface area contributed by atoms with E-state index in [2.05, 4.69) is 10.3 Å². The van der Waals surface area contributed by atoms with Crippen molar-refractivity contribution in [1.29, 1.82) is 0 Å². The van der Waals surface area contributed by atoms with Gasteiger partial charge >= 0.3 is 0 Å². The van der Waals surface area contributed by atoms with E-state index in [1.807, 2.05) is 0 Å². The lowest BCUT2D eigenvalue weighted by Crippen LogP contribution is -2.32. The van der Waals surface area contributed by atoms with E-state index >= 15 is 0 Å². The van der Waals surface area contributed by atoms with Crippen LogP contribution in [0.2, 0.25) is 0 Å². The van der Waals surface area contributed by atoms with E-state index < -0.39 is 38.9 Å². The highest BCUT2D eigenvalue weighted by Gasteiger charge is 2.26. The molecule has 0 unspecified atom stereocenters. The molecule has 1 saturated heterocycles. The van der Waals surface area contributed by atoms with Crippen LogP contribution in [-0.4, -0.2) is 36.7 Å². The Balaban J connectivity index is 1.59. The quantitative estimate of drug-likeness (QED) is 0.570. The Hall–Kier alpha value is -2.50. The van der Waals surface area contributed by atoms with Crippen molar-refractivity contribution in [2.45, 2.75) is 30.6 Å². The van der Waals surface area contributed by atoms with Gasteiger partial charge in [-0.1, -0.05) is 30.2 Å². The smallest absolute Gasteiger partial charge is 0.257 e. The highest BCUT2D eigenvalue weighted by molar-refractivity contribution is 7.89. The first-order valence-corrected chi connectivity index (χ1v) is 11.9. The summed E-state index contributed by atoms with van der Waals surface area (Å²) in [5.41, 5.74) is -0.329. The first kappa shape index (κ1) is 21.7. The second kappa shape index (κ2) is 8.56. The summed E-state index contributed by atoms with van der Waals surface area (Å²) in [6.45, 7) is 0.867. The number of sulfonamides is 1. The third-order valence-electron chi connectivity index (χ3n) is 5.04. The number of nitrogens with one attached hydrogen (secondary N) is 1. The predicted molar refractivity (Wildman–Crippen MR) is 111 cm³/mol. The number of carbonyl (C=O) groups excluding carboxylic acids is 1. The Bertz CT molecular complexity index is 1250. The lowest BCUT2D eigenvalue weighted by Gasteiger charge is -2.20. The van der Waals surface area contributed by atoms with Gasteiger partial charge in [-0.2, -0.15) is 4.31 Å². The van der Waals surface area contributed by atoms with Gasteiger partial charge in [-0.15, -0.1) is 0 Å². The van der Waals surface area contributed by atoms with Crippen molar-refractivity contribution in [2.24, 2.45) is 0 Å². The number of thiazole rings is 1. The van der Waals surface area contributed by atoms with Gasteiger partial charge in [0.15, 0.2) is 22.6 Å². The van der Waals surface area contributed by atoms with E-state index in [-0.39, 0.29) is 20.3 Å². The van der Waals surface area contributed by atoms with Crippen LogP contribution in [0.5, 0.6) is 0 Å². The van der Waals surface area contributed by atoms with Crippen LogP contribution in [0.1, 0.15) is 36.0 Å². The molecule has 11 heteroatoms. The van der Waals surface area contributed by atoms with Crippen molar-refractivity contribution in [3.05, 3.63) is 53.3 Å². The van der Waals surface area contributed by atoms with Gasteiger partial charge in [0.1, 0.15) is 5.52 Å². The maximum atomic E-state index is 13.9. The summed E-state index contributed by atoms with van der Waals surface area (Å²) in [4.78, 5) is 16.4. The zero-order chi connectivity index (χ0) is 22.2. The SMILES string of the molecule is O=C(Nc1nc2c(F)c(F)c(F)cc2s1)c1cccc(S(=O)(=O)N2CCCCCC2)c1. The zero-order valence-corrected chi connectivity index (χ0v) is 17.8. The minimum atomic E-state index is -3.74. The Labute approximate surface area is 180 Å². The molecule has 0 spiro atoms. The largest absolute Gasteiger partial charge is 0.298 e. The lowest BCUT2D eigenvalue weighted by atomic mass is 10.2. The number of hydrogen-bond acceptors (Lipinski definition) is 5. The topological polar surface area (TPSA) is 79.4 Å². The molecular weight excluding hydrogens is 451 g/mol. The summed E-state index contributed by atoms with van der Waals surface area (Å²) in [5.74, 6) is -5.09. The molecule has 1 aliphatic rings. The van der Waals surface area contributed by atoms with Crippen LogP contribution in [0, 0.1) is 17.5 Å². The second-order valence-corrected chi connectivity index (χ2v) is 10.1. The molecule has 0 atom stereocenters. The van der Waals surface area contributed by atoms with Gasteiger partial charge in [0.05, 0.1) is 9.60 Å². The maximum absolute atomic E-state index is 13.9. The average Bonchev–Trinajstić information content (AvgIpc) is 2.96. The molecule has 1 aromatic heterocycles. The fourth-order valence-electron chi connectivity index (χ4n) is 3.43. The van der Waals surface area contributed by atoms with Crippen LogP contribution < -0.4 is 5.32 Å². The summed E-state index contributed by atoms with van der Waals surface area (Å²) < 4.78 is 68.0. The fourth-order valence-corrected chi connectivity index (χ4v) is 5.87. The van der Waals surface area contributed by atoms with E-state index in [1.165, 1.54) is 28.6 Å². The van der Waals surface area contributed by atoms with Gasteiger partial charge in [-0.3, -0.25) is 10.1 Å². The van der Waals surface area contributed by atoms with Crippen LogP contribution in [0.4, 0.5) is 18.3 Å². The van der Waals surface area contributed by atoms with Crippen molar-refractivity contribution < 1.29 is 26.4 Å². The van der Waals surface area contributed by atoms with Crippen LogP contribution in [-0.2, 0) is 10.0 Å². The van der Waals surface area contributed by atoms with Crippen molar-refractivity contribution in [3.63, 3.8) is 0 Å². The zero-order valence-electron chi connectivity index (χ0n) is 16.2. The van der Waals surface area contributed by atoms with Crippen LogP contribution >= 0.6 is 11.3 Å². The Morgan fingerprint density at radius 2 is 1.74 bits per heavy atom. The molecule has 2 aromatic carbocycles. The normalized spacial score (nSPS) is 15.7. The molecule has 0 saturated carbocycles. The molecule has 4 rings (SSSR count). The van der Waals surface area contributed by atoms with Gasteiger partial charge in [0.2, 0.25) is 10.0 Å². The van der Waals surface area contributed by atoms with Crippen LogP contribution in [0.15, 0.2) is 35.2 Å². The molecule has 1 amide bonds. The van der Waals surface area contributed by atoms with Crippen molar-refractivity contribution >= 4 is 42.6 Å². The molecule has 0 radical (unpaired) electrons. The number of carbonyl (C=O) groups is 1. The van der Waals surface area contributed by atoms with E-state index in [9.17, 15) is 26.4 Å². The standard InChI is InChI=1S/C20H18F3N3O3S2/c21-14-11-15-18(17(23)16(14)22)24-20(30-15)25-19(27)12-6-5-7-13(10-12)31(28,29)26-8-3-1-2-4-9-26/h5-7,10-11H,1-4,8-9H2,(H,24,25,27). The van der Waals surface area contributed by atoms with Crippen LogP contribution in [0.25, 0.3) is 10.2 Å². The summed E-state index contributed by atoms with van der Waals surface area (Å²) >= 11 is 0.776. The minimum absolute atomic E-state index is 0.00142. The summed E-state index contributed by atoms with van der Waals surface area (Å²) in [5, 5.41) is 2.37. The Morgan fingerprint density at radius 3 is 2.45 bits per heavy atom. The first-order chi connectivity index (χ1) is 14.8. The van der Waals surface area contributed by atoms with Crippen molar-refractivity contribution in [1.82, 2.24) is 9.29 Å². The van der Waals surface area contributed by atoms with E-state index in [1.54, 1.807) is 0 Å². The molecule has 1 fully saturated rings. The maximum Gasteiger partial charge on any atom is 0.257 e. The number of anilines is 1. The van der Waals surface area contributed by atoms with Gasteiger partial charge in [0.25, 0.3) is 5.91 Å². The number of hydrogen-bond donors (Lipinski definition) is 1. The molecule has 2 heterocycles. The molecule has 0 aliphatic carbocycles. The monoisotopic (exact) mass is 469 g/mol. The van der Waals surface area contributed by atoms with Gasteiger partial charge in [-0.25, -0.2) is 26.6 Å². The average molecular weight is 470 g/mol. The second-order valence-electron chi connectivity index (χ2n) is 7.15. The molecule has 164 valence electrons. The summed E-state index contributed by atoms with van der Waals surface area (Å²) in [6, 6.07) is 6.39. The number of fused-ring (bicyclic) bond motifs is 1. The van der Waals surface area contributed by atoms with Crippen molar-refractivity contribution in [3.8, 4) is 0 Å². The number of halogens is 3. The van der Waals surface area contributed by atoms with Gasteiger partial charge in [-0.05, 0) is 37.1 Å². The highest BCUT2D eigenvalue weighted by atomic mass is 32.2. The molecule has 1 N–H and O–H groups in total. The Kier molecular flexibility index (Phi) is 6.00. The summed E-state index contributed by atoms with van der Waals surface area (Å²) in [6.07, 6.45) is 3.53. The molecule has 0 bridgehead atoms. The van der Waals surface area contributed by atoms with Crippen molar-refractivity contribution in [2.75, 3.05) is 18.4 Å². The fraction of sp³-hybridized carbons (Fsp3) is 0.300. The predicted octanol–water partition coefficient (Wildman–Crippen LogP) is 4.53. The number of aromatic nitrogens is 1. The number of amides is 1. The van der Waals surface area contributed by atoms with Crippen LogP contribution in [0.3, 0.4) is 0 Å². The van der Waals surface area contributed by atoms with E-state index in [0.29, 0.717) is 13.1 Å². The summed E-state index contributed by atoms with van der Waals surface area (Å²) in [7, 11) is -3.74. The highest BCUT2D eigenvalue weighted by Crippen LogP contribution is 2.31. The third kappa shape index (κ3) is 4.30. The molecule has 1 aliphatic heterocycles. The first-order valence-electron chi connectivity index (χ1n) is 9.63. The molecule has 31 heavy (non-hydrogen) atoms. The Morgan fingerprint density at radius 1 is 1.03 bits per heavy atom. The molecule has 6 nitrogen and oxygen atoms in total. The van der Waals surface area contributed by atoms with Gasteiger partial charge < -0.3 is 0 Å².